The lowest BCUT2D eigenvalue weighted by molar-refractivity contribution is -0.192. The van der Waals surface area contributed by atoms with Crippen LogP contribution in [0.5, 0.6) is 0 Å². The van der Waals surface area contributed by atoms with Crippen LogP contribution in [0.15, 0.2) is 66.9 Å². The van der Waals surface area contributed by atoms with Crippen LogP contribution in [-0.4, -0.2) is 60.9 Å². The number of imidazole rings is 1. The molecule has 4 N–H and O–H groups in total. The maximum atomic E-state index is 11.7. The summed E-state index contributed by atoms with van der Waals surface area (Å²) in [5.74, 6) is -1.61. The fraction of sp³-hybridized carbons (Fsp3) is 0.267. The Morgan fingerprint density at radius 1 is 1.07 bits per heavy atom. The Bertz CT molecular complexity index is 1740. The fourth-order valence-corrected chi connectivity index (χ4v) is 5.09. The summed E-state index contributed by atoms with van der Waals surface area (Å²) in [4.78, 5) is 31.5. The van der Waals surface area contributed by atoms with Crippen molar-refractivity contribution in [1.29, 1.82) is 0 Å². The van der Waals surface area contributed by atoms with Gasteiger partial charge in [-0.3, -0.25) is 9.69 Å². The van der Waals surface area contributed by atoms with Gasteiger partial charge in [-0.05, 0) is 74.3 Å². The molecule has 0 unspecified atom stereocenters. The van der Waals surface area contributed by atoms with Crippen LogP contribution in [0.25, 0.3) is 27.6 Å². The highest BCUT2D eigenvalue weighted by Gasteiger charge is 2.38. The standard InChI is InChI=1S/C28H28N6O.C2HF3O2/c1-18-5-10-24-25(15-18)31-28(30-24)20-11-13-33(14-12-20)16-19-6-8-22(9-7-19)34-17-21-3-2-4-23(27(29)35)26(21)32-34;3-2(4,5)1(6)7/h2-10,15,17,20H,11-14,16H2,1H3,(H2,29,35)(H,30,31);(H,6,7). The molecule has 2 aromatic heterocycles. The number of carboxylic acids is 1. The number of likely N-dealkylation sites (tertiary alicyclic amines) is 1. The smallest absolute Gasteiger partial charge is 0.475 e. The van der Waals surface area contributed by atoms with Gasteiger partial charge in [0, 0.05) is 24.0 Å². The molecule has 42 heavy (non-hydrogen) atoms. The quantitative estimate of drug-likeness (QED) is 0.259. The summed E-state index contributed by atoms with van der Waals surface area (Å²) in [7, 11) is 0. The van der Waals surface area contributed by atoms with Crippen LogP contribution in [0.1, 0.15) is 46.1 Å². The number of aromatic amines is 1. The highest BCUT2D eigenvalue weighted by atomic mass is 19.4. The number of aromatic nitrogens is 4. The van der Waals surface area contributed by atoms with Crippen molar-refractivity contribution < 1.29 is 27.9 Å². The van der Waals surface area contributed by atoms with E-state index in [9.17, 15) is 18.0 Å². The molecule has 3 aromatic carbocycles. The highest BCUT2D eigenvalue weighted by Crippen LogP contribution is 2.29. The second-order valence-corrected chi connectivity index (χ2v) is 10.3. The Labute approximate surface area is 238 Å². The molecule has 1 fully saturated rings. The molecule has 0 radical (unpaired) electrons. The third-order valence-electron chi connectivity index (χ3n) is 7.28. The topological polar surface area (TPSA) is 130 Å². The number of hydrogen-bond donors (Lipinski definition) is 3. The number of hydrogen-bond acceptors (Lipinski definition) is 5. The van der Waals surface area contributed by atoms with Gasteiger partial charge in [0.05, 0.1) is 22.3 Å². The van der Waals surface area contributed by atoms with Crippen molar-refractivity contribution in [2.75, 3.05) is 13.1 Å². The SMILES string of the molecule is Cc1ccc2nc(C3CCN(Cc4ccc(-n5cc6cccc(C(N)=O)c6n5)cc4)CC3)[nH]c2c1.O=C(O)C(F)(F)F. The monoisotopic (exact) mass is 578 g/mol. The van der Waals surface area contributed by atoms with Crippen molar-refractivity contribution in [3.63, 3.8) is 0 Å². The second kappa shape index (κ2) is 11.6. The largest absolute Gasteiger partial charge is 0.490 e. The fourth-order valence-electron chi connectivity index (χ4n) is 5.09. The number of halogens is 3. The molecule has 0 saturated carbocycles. The third-order valence-corrected chi connectivity index (χ3v) is 7.28. The minimum atomic E-state index is -5.08. The van der Waals surface area contributed by atoms with E-state index in [1.54, 1.807) is 10.7 Å². The summed E-state index contributed by atoms with van der Waals surface area (Å²) in [6.07, 6.45) is -0.932. The molecular weight excluding hydrogens is 549 g/mol. The maximum Gasteiger partial charge on any atom is 0.490 e. The van der Waals surface area contributed by atoms with Crippen LogP contribution in [0.4, 0.5) is 13.2 Å². The summed E-state index contributed by atoms with van der Waals surface area (Å²) in [5, 5.41) is 12.6. The lowest BCUT2D eigenvalue weighted by Crippen LogP contribution is -2.32. The van der Waals surface area contributed by atoms with Gasteiger partial charge in [0.25, 0.3) is 5.91 Å². The van der Waals surface area contributed by atoms with Gasteiger partial charge in [0.1, 0.15) is 11.3 Å². The van der Waals surface area contributed by atoms with Crippen LogP contribution < -0.4 is 5.73 Å². The van der Waals surface area contributed by atoms with E-state index in [4.69, 9.17) is 20.6 Å². The lowest BCUT2D eigenvalue weighted by Gasteiger charge is -2.31. The molecule has 9 nitrogen and oxygen atoms in total. The predicted molar refractivity (Wildman–Crippen MR) is 151 cm³/mol. The number of aryl methyl sites for hydroxylation is 1. The first kappa shape index (κ1) is 28.8. The van der Waals surface area contributed by atoms with E-state index in [0.29, 0.717) is 17.0 Å². The normalized spacial score (nSPS) is 14.6. The Morgan fingerprint density at radius 3 is 2.40 bits per heavy atom. The van der Waals surface area contributed by atoms with E-state index in [1.165, 1.54) is 11.1 Å². The van der Waals surface area contributed by atoms with Gasteiger partial charge in [-0.25, -0.2) is 14.5 Å². The van der Waals surface area contributed by atoms with Gasteiger partial charge in [0.15, 0.2) is 0 Å². The molecule has 0 aliphatic carbocycles. The number of piperidine rings is 1. The summed E-state index contributed by atoms with van der Waals surface area (Å²) in [5.41, 5.74) is 12.3. The number of rotatable bonds is 5. The first-order valence-corrected chi connectivity index (χ1v) is 13.3. The molecule has 1 amide bonds. The summed E-state index contributed by atoms with van der Waals surface area (Å²) >= 11 is 0. The van der Waals surface area contributed by atoms with Gasteiger partial charge in [0.2, 0.25) is 0 Å². The molecule has 5 aromatic rings. The van der Waals surface area contributed by atoms with Crippen LogP contribution in [-0.2, 0) is 11.3 Å². The molecule has 218 valence electrons. The van der Waals surface area contributed by atoms with Crippen molar-refractivity contribution in [2.24, 2.45) is 5.73 Å². The molecular formula is C30H29F3N6O3. The van der Waals surface area contributed by atoms with Gasteiger partial charge in [-0.1, -0.05) is 30.3 Å². The van der Waals surface area contributed by atoms with Crippen LogP contribution in [0.3, 0.4) is 0 Å². The highest BCUT2D eigenvalue weighted by molar-refractivity contribution is 6.04. The van der Waals surface area contributed by atoms with Gasteiger partial charge < -0.3 is 15.8 Å². The lowest BCUT2D eigenvalue weighted by atomic mass is 9.96. The number of nitrogens with zero attached hydrogens (tertiary/aromatic N) is 4. The molecule has 1 saturated heterocycles. The molecule has 0 spiro atoms. The average Bonchev–Trinajstić information content (AvgIpc) is 3.58. The Kier molecular flexibility index (Phi) is 7.99. The van der Waals surface area contributed by atoms with Gasteiger partial charge in [-0.2, -0.15) is 18.3 Å². The summed E-state index contributed by atoms with van der Waals surface area (Å²) < 4.78 is 33.5. The number of benzene rings is 3. The number of amides is 1. The number of nitrogens with two attached hydrogens (primary N) is 1. The number of aliphatic carboxylic acids is 1. The number of alkyl halides is 3. The zero-order valence-electron chi connectivity index (χ0n) is 22.7. The molecule has 6 rings (SSSR count). The number of carbonyl (C=O) groups excluding carboxylic acids is 1. The van der Waals surface area contributed by atoms with Crippen molar-refractivity contribution >= 4 is 33.8 Å². The van der Waals surface area contributed by atoms with Crippen LogP contribution >= 0.6 is 0 Å². The van der Waals surface area contributed by atoms with Crippen molar-refractivity contribution in [2.45, 2.75) is 38.4 Å². The third kappa shape index (κ3) is 6.44. The van der Waals surface area contributed by atoms with E-state index in [0.717, 1.165) is 60.4 Å². The molecule has 0 bridgehead atoms. The zero-order valence-corrected chi connectivity index (χ0v) is 22.7. The molecule has 1 aliphatic rings. The average molecular weight is 579 g/mol. The van der Waals surface area contributed by atoms with Crippen LogP contribution in [0, 0.1) is 6.92 Å². The van der Waals surface area contributed by atoms with Gasteiger partial charge >= 0.3 is 12.1 Å². The Hall–Kier alpha value is -4.71. The Balaban J connectivity index is 0.000000451. The van der Waals surface area contributed by atoms with Crippen molar-refractivity contribution in [3.8, 4) is 5.69 Å². The number of carbonyl (C=O) groups is 2. The van der Waals surface area contributed by atoms with E-state index in [1.807, 2.05) is 18.3 Å². The number of H-pyrrole nitrogens is 1. The first-order valence-electron chi connectivity index (χ1n) is 13.3. The minimum Gasteiger partial charge on any atom is -0.475 e. The van der Waals surface area contributed by atoms with E-state index in [2.05, 4.69) is 64.4 Å². The maximum absolute atomic E-state index is 11.7. The summed E-state index contributed by atoms with van der Waals surface area (Å²) in [6, 6.07) is 20.3. The van der Waals surface area contributed by atoms with E-state index < -0.39 is 18.1 Å². The second-order valence-electron chi connectivity index (χ2n) is 10.3. The van der Waals surface area contributed by atoms with Gasteiger partial charge in [-0.15, -0.1) is 0 Å². The first-order chi connectivity index (χ1) is 20.0. The molecule has 3 heterocycles. The predicted octanol–water partition coefficient (Wildman–Crippen LogP) is 5.32. The Morgan fingerprint density at radius 2 is 1.76 bits per heavy atom. The molecule has 1 aliphatic heterocycles. The minimum absolute atomic E-state index is 0.444. The van der Waals surface area contributed by atoms with Crippen molar-refractivity contribution in [3.05, 3.63) is 89.4 Å². The number of carboxylic acid groups (broad SMARTS) is 1. The summed E-state index contributed by atoms with van der Waals surface area (Å²) in [6.45, 7) is 5.16. The van der Waals surface area contributed by atoms with E-state index >= 15 is 0 Å². The van der Waals surface area contributed by atoms with Crippen LogP contribution in [0.2, 0.25) is 0 Å². The zero-order chi connectivity index (χ0) is 30.0. The number of primary amides is 1. The number of nitrogens with one attached hydrogen (secondary N) is 1. The van der Waals surface area contributed by atoms with Crippen molar-refractivity contribution in [1.82, 2.24) is 24.6 Å². The number of fused-ring (bicyclic) bond motifs is 2. The molecule has 0 atom stereocenters. The molecule has 12 heteroatoms. The van der Waals surface area contributed by atoms with E-state index in [-0.39, 0.29) is 0 Å².